The largest absolute Gasteiger partial charge is 0.497 e. The average Bonchev–Trinajstić information content (AvgIpc) is 2.68. The summed E-state index contributed by atoms with van der Waals surface area (Å²) in [7, 11) is 3.18. The normalized spacial score (nSPS) is 16.9. The number of ether oxygens (including phenoxy) is 2. The molecular weight excluding hydrogens is 340 g/mol. The van der Waals surface area contributed by atoms with E-state index in [0.29, 0.717) is 29.6 Å². The van der Waals surface area contributed by atoms with E-state index in [1.807, 2.05) is 0 Å². The molecule has 2 unspecified atom stereocenters. The Hall–Kier alpha value is -2.53. The Kier molecular flexibility index (Phi) is 6.35. The van der Waals surface area contributed by atoms with E-state index in [4.69, 9.17) is 9.47 Å². The molecule has 27 heavy (non-hydrogen) atoms. The van der Waals surface area contributed by atoms with E-state index in [1.165, 1.54) is 17.5 Å². The fourth-order valence-electron chi connectivity index (χ4n) is 3.72. The van der Waals surface area contributed by atoms with Crippen molar-refractivity contribution < 1.29 is 14.3 Å². The maximum absolute atomic E-state index is 12.5. The third-order valence-corrected chi connectivity index (χ3v) is 5.03. The van der Waals surface area contributed by atoms with Gasteiger partial charge in [-0.05, 0) is 49.4 Å². The minimum absolute atomic E-state index is 0.0503. The van der Waals surface area contributed by atoms with E-state index < -0.39 is 0 Å². The second kappa shape index (κ2) is 8.91. The predicted octanol–water partition coefficient (Wildman–Crippen LogP) is 4.09. The third-order valence-electron chi connectivity index (χ3n) is 5.03. The van der Waals surface area contributed by atoms with Crippen molar-refractivity contribution in [2.24, 2.45) is 0 Å². The molecule has 2 aromatic rings. The second-order valence-electron chi connectivity index (χ2n) is 7.03. The summed E-state index contributed by atoms with van der Waals surface area (Å²) in [6, 6.07) is 14.3. The lowest BCUT2D eigenvalue weighted by atomic mass is 9.87. The van der Waals surface area contributed by atoms with E-state index >= 15 is 0 Å². The topological polar surface area (TPSA) is 59.6 Å². The maximum atomic E-state index is 12.5. The molecule has 0 aliphatic heterocycles. The zero-order valence-electron chi connectivity index (χ0n) is 16.2. The molecule has 3 rings (SSSR count). The number of amides is 1. The highest BCUT2D eigenvalue weighted by Gasteiger charge is 2.22. The Morgan fingerprint density at radius 2 is 2.00 bits per heavy atom. The molecule has 0 saturated heterocycles. The third kappa shape index (κ3) is 4.80. The summed E-state index contributed by atoms with van der Waals surface area (Å²) < 4.78 is 10.6. The lowest BCUT2D eigenvalue weighted by Crippen LogP contribution is -2.35. The molecule has 2 atom stereocenters. The van der Waals surface area contributed by atoms with Gasteiger partial charge in [0.1, 0.15) is 11.5 Å². The van der Waals surface area contributed by atoms with Crippen LogP contribution in [0.25, 0.3) is 0 Å². The highest BCUT2D eigenvalue weighted by Crippen LogP contribution is 2.31. The van der Waals surface area contributed by atoms with E-state index in [1.54, 1.807) is 32.4 Å². The van der Waals surface area contributed by atoms with Gasteiger partial charge in [-0.15, -0.1) is 0 Å². The van der Waals surface area contributed by atoms with Crippen LogP contribution in [0, 0.1) is 0 Å². The first kappa shape index (κ1) is 19.2. The smallest absolute Gasteiger partial charge is 0.226 e. The number of carbonyl (C=O) groups is 1. The van der Waals surface area contributed by atoms with Crippen molar-refractivity contribution in [2.45, 2.75) is 44.7 Å². The van der Waals surface area contributed by atoms with Crippen LogP contribution in [-0.4, -0.2) is 26.2 Å². The van der Waals surface area contributed by atoms with Crippen LogP contribution >= 0.6 is 0 Å². The van der Waals surface area contributed by atoms with Crippen molar-refractivity contribution in [2.75, 3.05) is 19.5 Å². The molecule has 0 saturated carbocycles. The standard InChI is InChI=1S/C22H28N2O3/c1-15(23-19-10-6-8-16-7-4-5-9-18(16)19)13-22(25)24-20-14-17(26-2)11-12-21(20)27-3/h4-5,7,9,11-12,14-15,19,23H,6,8,10,13H2,1-3H3,(H,24,25). The number of methoxy groups -OCH3 is 2. The molecule has 1 aliphatic rings. The van der Waals surface area contributed by atoms with E-state index in [2.05, 4.69) is 41.8 Å². The summed E-state index contributed by atoms with van der Waals surface area (Å²) in [5.74, 6) is 1.24. The Labute approximate surface area is 161 Å². The molecule has 0 bridgehead atoms. The number of hydrogen-bond acceptors (Lipinski definition) is 4. The highest BCUT2D eigenvalue weighted by atomic mass is 16.5. The van der Waals surface area contributed by atoms with Crippen LogP contribution in [0.1, 0.15) is 43.4 Å². The Bertz CT molecular complexity index is 791. The van der Waals surface area contributed by atoms with Crippen LogP contribution in [0.5, 0.6) is 11.5 Å². The number of rotatable bonds is 7. The Morgan fingerprint density at radius 3 is 2.78 bits per heavy atom. The lowest BCUT2D eigenvalue weighted by molar-refractivity contribution is -0.116. The fraction of sp³-hybridized carbons (Fsp3) is 0.409. The minimum atomic E-state index is -0.0503. The molecule has 0 spiro atoms. The van der Waals surface area contributed by atoms with E-state index in [9.17, 15) is 4.79 Å². The van der Waals surface area contributed by atoms with Crippen molar-refractivity contribution in [3.05, 3.63) is 53.6 Å². The minimum Gasteiger partial charge on any atom is -0.497 e. The summed E-state index contributed by atoms with van der Waals surface area (Å²) in [5.41, 5.74) is 3.40. The van der Waals surface area contributed by atoms with Gasteiger partial charge in [0.25, 0.3) is 0 Å². The molecule has 5 heteroatoms. The van der Waals surface area contributed by atoms with Gasteiger partial charge in [0.05, 0.1) is 19.9 Å². The van der Waals surface area contributed by atoms with Gasteiger partial charge in [0, 0.05) is 24.6 Å². The lowest BCUT2D eigenvalue weighted by Gasteiger charge is -2.29. The first-order chi connectivity index (χ1) is 13.1. The number of aryl methyl sites for hydroxylation is 1. The number of nitrogens with one attached hydrogen (secondary N) is 2. The van der Waals surface area contributed by atoms with Crippen LogP contribution in [0.2, 0.25) is 0 Å². The Balaban J connectivity index is 1.60. The zero-order valence-corrected chi connectivity index (χ0v) is 16.2. The van der Waals surface area contributed by atoms with Crippen LogP contribution < -0.4 is 20.1 Å². The SMILES string of the molecule is COc1ccc(OC)c(NC(=O)CC(C)NC2CCCc3ccccc32)c1. The average molecular weight is 368 g/mol. The molecule has 2 aromatic carbocycles. The number of hydrogen-bond donors (Lipinski definition) is 2. The van der Waals surface area contributed by atoms with Crippen molar-refractivity contribution in [3.63, 3.8) is 0 Å². The summed E-state index contributed by atoms with van der Waals surface area (Å²) in [6.45, 7) is 2.06. The number of benzene rings is 2. The van der Waals surface area contributed by atoms with Gasteiger partial charge in [-0.2, -0.15) is 0 Å². The molecular formula is C22H28N2O3. The summed E-state index contributed by atoms with van der Waals surface area (Å²) in [6.07, 6.45) is 3.80. The van der Waals surface area contributed by atoms with Crippen LogP contribution in [0.3, 0.4) is 0 Å². The van der Waals surface area contributed by atoms with Crippen molar-refractivity contribution >= 4 is 11.6 Å². The number of carbonyl (C=O) groups excluding carboxylic acids is 1. The van der Waals surface area contributed by atoms with Gasteiger partial charge in [-0.1, -0.05) is 24.3 Å². The molecule has 5 nitrogen and oxygen atoms in total. The molecule has 1 aliphatic carbocycles. The van der Waals surface area contributed by atoms with Gasteiger partial charge < -0.3 is 20.1 Å². The molecule has 2 N–H and O–H groups in total. The first-order valence-electron chi connectivity index (χ1n) is 9.46. The van der Waals surface area contributed by atoms with E-state index in [0.717, 1.165) is 12.8 Å². The van der Waals surface area contributed by atoms with Gasteiger partial charge in [-0.25, -0.2) is 0 Å². The maximum Gasteiger partial charge on any atom is 0.226 e. The summed E-state index contributed by atoms with van der Waals surface area (Å²) >= 11 is 0. The van der Waals surface area contributed by atoms with Gasteiger partial charge in [0.2, 0.25) is 5.91 Å². The molecule has 0 aromatic heterocycles. The monoisotopic (exact) mass is 368 g/mol. The zero-order chi connectivity index (χ0) is 19.2. The number of fused-ring (bicyclic) bond motifs is 1. The number of anilines is 1. The highest BCUT2D eigenvalue weighted by molar-refractivity contribution is 5.92. The van der Waals surface area contributed by atoms with Crippen molar-refractivity contribution in [1.82, 2.24) is 5.32 Å². The first-order valence-corrected chi connectivity index (χ1v) is 9.46. The molecule has 1 amide bonds. The van der Waals surface area contributed by atoms with Crippen molar-refractivity contribution in [3.8, 4) is 11.5 Å². The van der Waals surface area contributed by atoms with Crippen LogP contribution in [0.15, 0.2) is 42.5 Å². The van der Waals surface area contributed by atoms with Gasteiger partial charge in [-0.3, -0.25) is 4.79 Å². The van der Waals surface area contributed by atoms with Crippen LogP contribution in [0.4, 0.5) is 5.69 Å². The van der Waals surface area contributed by atoms with Crippen LogP contribution in [-0.2, 0) is 11.2 Å². The molecule has 0 radical (unpaired) electrons. The second-order valence-corrected chi connectivity index (χ2v) is 7.03. The van der Waals surface area contributed by atoms with E-state index in [-0.39, 0.29) is 11.9 Å². The fourth-order valence-corrected chi connectivity index (χ4v) is 3.72. The van der Waals surface area contributed by atoms with Gasteiger partial charge in [0.15, 0.2) is 0 Å². The summed E-state index contributed by atoms with van der Waals surface area (Å²) in [4.78, 5) is 12.5. The van der Waals surface area contributed by atoms with Crippen molar-refractivity contribution in [1.29, 1.82) is 0 Å². The summed E-state index contributed by atoms with van der Waals surface area (Å²) in [5, 5.41) is 6.57. The molecule has 0 fully saturated rings. The quantitative estimate of drug-likeness (QED) is 0.773. The molecule has 0 heterocycles. The predicted molar refractivity (Wildman–Crippen MR) is 108 cm³/mol. The molecule has 144 valence electrons. The Morgan fingerprint density at radius 1 is 1.19 bits per heavy atom. The van der Waals surface area contributed by atoms with Gasteiger partial charge >= 0.3 is 0 Å².